The van der Waals surface area contributed by atoms with Gasteiger partial charge in [0.1, 0.15) is 0 Å². The van der Waals surface area contributed by atoms with E-state index in [0.717, 1.165) is 32.6 Å². The summed E-state index contributed by atoms with van der Waals surface area (Å²) in [6.45, 7) is 10.1. The molecule has 18 heavy (non-hydrogen) atoms. The molecule has 2 heteroatoms. The molecule has 100 valence electrons. The molecule has 0 aliphatic heterocycles. The highest BCUT2D eigenvalue weighted by Gasteiger charge is 1.99. The van der Waals surface area contributed by atoms with Crippen molar-refractivity contribution in [1.82, 2.24) is 10.2 Å². The molecule has 0 aromatic heterocycles. The first kappa shape index (κ1) is 14.9. The Morgan fingerprint density at radius 1 is 1.22 bits per heavy atom. The lowest BCUT2D eigenvalue weighted by Crippen LogP contribution is -2.18. The van der Waals surface area contributed by atoms with E-state index in [1.807, 2.05) is 6.08 Å². The van der Waals surface area contributed by atoms with Gasteiger partial charge in [-0.05, 0) is 37.6 Å². The molecule has 1 rings (SSSR count). The smallest absolute Gasteiger partial charge is 0.0230 e. The van der Waals surface area contributed by atoms with E-state index in [4.69, 9.17) is 0 Å². The molecule has 0 unspecified atom stereocenters. The quantitative estimate of drug-likeness (QED) is 0.532. The van der Waals surface area contributed by atoms with Crippen molar-refractivity contribution in [3.8, 4) is 0 Å². The fourth-order valence-corrected chi connectivity index (χ4v) is 1.87. The van der Waals surface area contributed by atoms with Crippen LogP contribution in [-0.2, 0) is 13.1 Å². The number of hydrogen-bond donors (Lipinski definition) is 1. The molecule has 0 aliphatic carbocycles. The summed E-state index contributed by atoms with van der Waals surface area (Å²) in [5, 5.41) is 3.42. The molecule has 0 heterocycles. The third kappa shape index (κ3) is 5.99. The average molecular weight is 246 g/mol. The van der Waals surface area contributed by atoms with Gasteiger partial charge in [0.25, 0.3) is 0 Å². The van der Waals surface area contributed by atoms with Gasteiger partial charge < -0.3 is 10.2 Å². The van der Waals surface area contributed by atoms with Crippen molar-refractivity contribution in [2.24, 2.45) is 0 Å². The molecule has 2 nitrogen and oxygen atoms in total. The minimum absolute atomic E-state index is 0.973. The lowest BCUT2D eigenvalue weighted by Gasteiger charge is -2.15. The Morgan fingerprint density at radius 2 is 1.89 bits per heavy atom. The van der Waals surface area contributed by atoms with Crippen molar-refractivity contribution in [2.45, 2.75) is 32.9 Å². The summed E-state index contributed by atoms with van der Waals surface area (Å²) in [7, 11) is 2.15. The highest BCUT2D eigenvalue weighted by atomic mass is 15.1. The fourth-order valence-electron chi connectivity index (χ4n) is 1.87. The summed E-state index contributed by atoms with van der Waals surface area (Å²) in [6.07, 6.45) is 4.21. The van der Waals surface area contributed by atoms with Crippen LogP contribution in [0.4, 0.5) is 0 Å². The van der Waals surface area contributed by atoms with Crippen molar-refractivity contribution in [3.63, 3.8) is 0 Å². The van der Waals surface area contributed by atoms with Crippen LogP contribution in [0.25, 0.3) is 0 Å². The molecular formula is C16H26N2. The van der Waals surface area contributed by atoms with Crippen molar-refractivity contribution >= 4 is 0 Å². The first-order valence-electron chi connectivity index (χ1n) is 6.84. The van der Waals surface area contributed by atoms with Gasteiger partial charge in [-0.15, -0.1) is 6.58 Å². The summed E-state index contributed by atoms with van der Waals surface area (Å²) in [5.74, 6) is 0. The molecule has 0 radical (unpaired) electrons. The summed E-state index contributed by atoms with van der Waals surface area (Å²) in [6, 6.07) is 8.90. The van der Waals surface area contributed by atoms with Gasteiger partial charge in [0.05, 0.1) is 0 Å². The summed E-state index contributed by atoms with van der Waals surface area (Å²) < 4.78 is 0. The predicted octanol–water partition coefficient (Wildman–Crippen LogP) is 3.19. The molecule has 1 aromatic carbocycles. The van der Waals surface area contributed by atoms with Gasteiger partial charge in [-0.1, -0.05) is 37.3 Å². The number of nitrogens with one attached hydrogen (secondary N) is 1. The Morgan fingerprint density at radius 3 is 2.50 bits per heavy atom. The zero-order valence-electron chi connectivity index (χ0n) is 11.8. The molecule has 0 saturated carbocycles. The summed E-state index contributed by atoms with van der Waals surface area (Å²) >= 11 is 0. The van der Waals surface area contributed by atoms with Crippen LogP contribution in [0.1, 0.15) is 30.9 Å². The van der Waals surface area contributed by atoms with E-state index in [1.165, 1.54) is 17.5 Å². The molecule has 0 aliphatic rings. The maximum Gasteiger partial charge on any atom is 0.0230 e. The highest BCUT2D eigenvalue weighted by Crippen LogP contribution is 2.07. The van der Waals surface area contributed by atoms with Crippen LogP contribution in [0.5, 0.6) is 0 Å². The fraction of sp³-hybridized carbons (Fsp3) is 0.500. The first-order chi connectivity index (χ1) is 8.76. The van der Waals surface area contributed by atoms with Crippen LogP contribution >= 0.6 is 0 Å². The molecule has 0 spiro atoms. The van der Waals surface area contributed by atoms with E-state index < -0.39 is 0 Å². The first-order valence-corrected chi connectivity index (χ1v) is 6.84. The second-order valence-corrected chi connectivity index (χ2v) is 4.81. The van der Waals surface area contributed by atoms with Gasteiger partial charge in [-0.25, -0.2) is 0 Å². The molecule has 0 bridgehead atoms. The van der Waals surface area contributed by atoms with Crippen molar-refractivity contribution in [2.75, 3.05) is 20.1 Å². The third-order valence-corrected chi connectivity index (χ3v) is 2.95. The summed E-state index contributed by atoms with van der Waals surface area (Å²) in [4.78, 5) is 2.33. The molecule has 0 saturated heterocycles. The van der Waals surface area contributed by atoms with Crippen molar-refractivity contribution in [3.05, 3.63) is 48.0 Å². The second-order valence-electron chi connectivity index (χ2n) is 4.81. The Labute approximate surface area is 112 Å². The highest BCUT2D eigenvalue weighted by molar-refractivity contribution is 5.22. The average Bonchev–Trinajstić information content (AvgIpc) is 2.39. The van der Waals surface area contributed by atoms with Crippen LogP contribution in [0, 0.1) is 0 Å². The lowest BCUT2D eigenvalue weighted by atomic mass is 10.1. The maximum atomic E-state index is 3.75. The van der Waals surface area contributed by atoms with Gasteiger partial charge >= 0.3 is 0 Å². The molecular weight excluding hydrogens is 220 g/mol. The van der Waals surface area contributed by atoms with Crippen molar-refractivity contribution in [1.29, 1.82) is 0 Å². The van der Waals surface area contributed by atoms with Gasteiger partial charge in [0.15, 0.2) is 0 Å². The number of hydrogen-bond acceptors (Lipinski definition) is 2. The number of nitrogens with zero attached hydrogens (tertiary/aromatic N) is 1. The van der Waals surface area contributed by atoms with E-state index >= 15 is 0 Å². The van der Waals surface area contributed by atoms with E-state index in [0.29, 0.717) is 0 Å². The molecule has 1 N–H and O–H groups in total. The Kier molecular flexibility index (Phi) is 7.38. The van der Waals surface area contributed by atoms with E-state index in [1.54, 1.807) is 0 Å². The van der Waals surface area contributed by atoms with Crippen LogP contribution in [0.2, 0.25) is 0 Å². The van der Waals surface area contributed by atoms with Crippen LogP contribution in [-0.4, -0.2) is 25.0 Å². The monoisotopic (exact) mass is 246 g/mol. The van der Waals surface area contributed by atoms with E-state index in [2.05, 4.69) is 55.0 Å². The van der Waals surface area contributed by atoms with E-state index in [-0.39, 0.29) is 0 Å². The molecule has 0 fully saturated rings. The van der Waals surface area contributed by atoms with E-state index in [9.17, 15) is 0 Å². The SMILES string of the molecule is C=CCCN(C)Cc1ccc(CNCCC)cc1. The zero-order chi connectivity index (χ0) is 13.2. The van der Waals surface area contributed by atoms with Gasteiger partial charge in [-0.2, -0.15) is 0 Å². The zero-order valence-corrected chi connectivity index (χ0v) is 11.8. The minimum Gasteiger partial charge on any atom is -0.313 e. The predicted molar refractivity (Wildman–Crippen MR) is 79.6 cm³/mol. The topological polar surface area (TPSA) is 15.3 Å². The third-order valence-electron chi connectivity index (χ3n) is 2.95. The van der Waals surface area contributed by atoms with Crippen LogP contribution < -0.4 is 5.32 Å². The number of rotatable bonds is 9. The molecule has 0 atom stereocenters. The second kappa shape index (κ2) is 8.90. The van der Waals surface area contributed by atoms with Gasteiger partial charge in [0, 0.05) is 19.6 Å². The largest absolute Gasteiger partial charge is 0.313 e. The van der Waals surface area contributed by atoms with Gasteiger partial charge in [-0.3, -0.25) is 0 Å². The molecule has 0 amide bonds. The Balaban J connectivity index is 2.37. The van der Waals surface area contributed by atoms with Crippen LogP contribution in [0.3, 0.4) is 0 Å². The lowest BCUT2D eigenvalue weighted by molar-refractivity contribution is 0.333. The molecule has 1 aromatic rings. The summed E-state index contributed by atoms with van der Waals surface area (Å²) in [5.41, 5.74) is 2.74. The normalized spacial score (nSPS) is 10.8. The number of benzene rings is 1. The standard InChI is InChI=1S/C16H26N2/c1-4-6-12-18(3)14-16-9-7-15(8-10-16)13-17-11-5-2/h4,7-10,17H,1,5-6,11-14H2,2-3H3. The van der Waals surface area contributed by atoms with Crippen molar-refractivity contribution < 1.29 is 0 Å². The minimum atomic E-state index is 0.973. The van der Waals surface area contributed by atoms with Crippen LogP contribution in [0.15, 0.2) is 36.9 Å². The Hall–Kier alpha value is -1.12. The van der Waals surface area contributed by atoms with Gasteiger partial charge in [0.2, 0.25) is 0 Å². The maximum absolute atomic E-state index is 3.75. The Bertz CT molecular complexity index is 329.